The number of hydrogen-bond donors (Lipinski definition) is 1. The van der Waals surface area contributed by atoms with Gasteiger partial charge in [-0.05, 0) is 66.6 Å². The number of nitrogens with one attached hydrogen (secondary N) is 1. The Hall–Kier alpha value is -3.80. The van der Waals surface area contributed by atoms with Gasteiger partial charge in [0.2, 0.25) is 0 Å². The highest BCUT2D eigenvalue weighted by atomic mass is 16.5. The average Bonchev–Trinajstić information content (AvgIpc) is 2.79. The SMILES string of the molecule is COc1ccc(C=NNC(=O)C(C)Oc2ccc(OCc3ccccc3)cc2)cc1. The van der Waals surface area contributed by atoms with E-state index in [9.17, 15) is 4.79 Å². The predicted octanol–water partition coefficient (Wildman–Crippen LogP) is 4.19. The van der Waals surface area contributed by atoms with Crippen LogP contribution >= 0.6 is 0 Å². The third kappa shape index (κ3) is 6.38. The number of benzene rings is 3. The Bertz CT molecular complexity index is 955. The predicted molar refractivity (Wildman–Crippen MR) is 116 cm³/mol. The third-order valence-electron chi connectivity index (χ3n) is 4.26. The second kappa shape index (κ2) is 10.7. The molecule has 1 unspecified atom stereocenters. The molecule has 1 atom stereocenters. The van der Waals surface area contributed by atoms with E-state index in [2.05, 4.69) is 10.5 Å². The van der Waals surface area contributed by atoms with Crippen LogP contribution < -0.4 is 19.6 Å². The summed E-state index contributed by atoms with van der Waals surface area (Å²) in [6.45, 7) is 2.16. The summed E-state index contributed by atoms with van der Waals surface area (Å²) in [5.41, 5.74) is 4.42. The van der Waals surface area contributed by atoms with Gasteiger partial charge in [-0.2, -0.15) is 5.10 Å². The zero-order valence-electron chi connectivity index (χ0n) is 16.9. The summed E-state index contributed by atoms with van der Waals surface area (Å²) in [7, 11) is 1.61. The Morgan fingerprint density at radius 2 is 1.57 bits per heavy atom. The lowest BCUT2D eigenvalue weighted by Gasteiger charge is -2.13. The molecular formula is C24H24N2O4. The van der Waals surface area contributed by atoms with Crippen LogP contribution in [-0.4, -0.2) is 25.3 Å². The number of carbonyl (C=O) groups is 1. The molecule has 6 nitrogen and oxygen atoms in total. The number of amides is 1. The molecule has 1 N–H and O–H groups in total. The fourth-order valence-corrected chi connectivity index (χ4v) is 2.56. The molecule has 1 amide bonds. The topological polar surface area (TPSA) is 69.2 Å². The molecule has 0 aliphatic rings. The van der Waals surface area contributed by atoms with Crippen LogP contribution in [0, 0.1) is 0 Å². The lowest BCUT2D eigenvalue weighted by atomic mass is 10.2. The smallest absolute Gasteiger partial charge is 0.280 e. The standard InChI is InChI=1S/C24H24N2O4/c1-18(24(27)26-25-16-19-8-10-21(28-2)11-9-19)30-23-14-12-22(13-15-23)29-17-20-6-4-3-5-7-20/h3-16,18H,17H2,1-2H3,(H,26,27). The van der Waals surface area contributed by atoms with Crippen molar-refractivity contribution in [1.29, 1.82) is 0 Å². The zero-order chi connectivity index (χ0) is 21.2. The van der Waals surface area contributed by atoms with Crippen molar-refractivity contribution in [1.82, 2.24) is 5.43 Å². The maximum absolute atomic E-state index is 12.2. The summed E-state index contributed by atoms with van der Waals surface area (Å²) in [5.74, 6) is 1.72. The summed E-state index contributed by atoms with van der Waals surface area (Å²) in [5, 5.41) is 3.96. The van der Waals surface area contributed by atoms with Gasteiger partial charge >= 0.3 is 0 Å². The van der Waals surface area contributed by atoms with E-state index in [1.807, 2.05) is 66.7 Å². The van der Waals surface area contributed by atoms with E-state index in [1.165, 1.54) is 0 Å². The monoisotopic (exact) mass is 404 g/mol. The van der Waals surface area contributed by atoms with Crippen LogP contribution in [0.3, 0.4) is 0 Å². The highest BCUT2D eigenvalue weighted by molar-refractivity contribution is 5.84. The van der Waals surface area contributed by atoms with Crippen LogP contribution in [0.25, 0.3) is 0 Å². The Kier molecular flexibility index (Phi) is 7.44. The number of nitrogens with zero attached hydrogens (tertiary/aromatic N) is 1. The first kappa shape index (κ1) is 20.9. The Labute approximate surface area is 176 Å². The molecule has 3 aromatic rings. The maximum Gasteiger partial charge on any atom is 0.280 e. The highest BCUT2D eigenvalue weighted by Crippen LogP contribution is 2.19. The largest absolute Gasteiger partial charge is 0.497 e. The molecule has 0 radical (unpaired) electrons. The minimum atomic E-state index is -0.700. The van der Waals surface area contributed by atoms with Crippen LogP contribution in [0.5, 0.6) is 17.2 Å². The molecule has 0 heterocycles. The van der Waals surface area contributed by atoms with Gasteiger partial charge in [-0.15, -0.1) is 0 Å². The van der Waals surface area contributed by atoms with Crippen molar-refractivity contribution in [3.8, 4) is 17.2 Å². The number of hydrazone groups is 1. The maximum atomic E-state index is 12.2. The van der Waals surface area contributed by atoms with Gasteiger partial charge in [-0.3, -0.25) is 4.79 Å². The molecule has 3 rings (SSSR count). The van der Waals surface area contributed by atoms with E-state index < -0.39 is 6.10 Å². The first-order valence-electron chi connectivity index (χ1n) is 9.54. The molecule has 0 fully saturated rings. The van der Waals surface area contributed by atoms with Crippen molar-refractivity contribution in [2.45, 2.75) is 19.6 Å². The van der Waals surface area contributed by atoms with Gasteiger partial charge in [0.15, 0.2) is 6.10 Å². The highest BCUT2D eigenvalue weighted by Gasteiger charge is 2.13. The molecule has 0 aliphatic heterocycles. The molecule has 0 spiro atoms. The van der Waals surface area contributed by atoms with Crippen molar-refractivity contribution in [2.24, 2.45) is 5.10 Å². The van der Waals surface area contributed by atoms with Crippen molar-refractivity contribution < 1.29 is 19.0 Å². The van der Waals surface area contributed by atoms with E-state index in [1.54, 1.807) is 32.4 Å². The second-order valence-corrected chi connectivity index (χ2v) is 6.51. The molecular weight excluding hydrogens is 380 g/mol. The Morgan fingerprint density at radius 3 is 2.23 bits per heavy atom. The molecule has 0 saturated heterocycles. The summed E-state index contributed by atoms with van der Waals surface area (Å²) < 4.78 is 16.5. The molecule has 154 valence electrons. The lowest BCUT2D eigenvalue weighted by molar-refractivity contribution is -0.127. The molecule has 6 heteroatoms. The summed E-state index contributed by atoms with van der Waals surface area (Å²) in [4.78, 5) is 12.2. The molecule has 3 aromatic carbocycles. The Balaban J connectivity index is 1.45. The van der Waals surface area contributed by atoms with Gasteiger partial charge in [0.25, 0.3) is 5.91 Å². The second-order valence-electron chi connectivity index (χ2n) is 6.51. The fourth-order valence-electron chi connectivity index (χ4n) is 2.56. The fraction of sp³-hybridized carbons (Fsp3) is 0.167. The number of carbonyl (C=O) groups excluding carboxylic acids is 1. The van der Waals surface area contributed by atoms with E-state index in [-0.39, 0.29) is 5.91 Å². The van der Waals surface area contributed by atoms with Crippen molar-refractivity contribution in [2.75, 3.05) is 7.11 Å². The van der Waals surface area contributed by atoms with Crippen molar-refractivity contribution in [3.05, 3.63) is 90.0 Å². The van der Waals surface area contributed by atoms with E-state index in [0.29, 0.717) is 12.4 Å². The Morgan fingerprint density at radius 1 is 0.933 bits per heavy atom. The van der Waals surface area contributed by atoms with E-state index in [0.717, 1.165) is 22.6 Å². The third-order valence-corrected chi connectivity index (χ3v) is 4.26. The van der Waals surface area contributed by atoms with Crippen LogP contribution in [0.4, 0.5) is 0 Å². The van der Waals surface area contributed by atoms with Gasteiger partial charge in [0.05, 0.1) is 13.3 Å². The molecule has 0 aliphatic carbocycles. The zero-order valence-corrected chi connectivity index (χ0v) is 16.9. The van der Waals surface area contributed by atoms with Gasteiger partial charge in [-0.1, -0.05) is 30.3 Å². The first-order chi connectivity index (χ1) is 14.6. The van der Waals surface area contributed by atoms with Crippen LogP contribution in [0.1, 0.15) is 18.1 Å². The summed E-state index contributed by atoms with van der Waals surface area (Å²) in [6, 6.07) is 24.4. The lowest BCUT2D eigenvalue weighted by Crippen LogP contribution is -2.33. The van der Waals surface area contributed by atoms with E-state index >= 15 is 0 Å². The number of hydrogen-bond acceptors (Lipinski definition) is 5. The molecule has 0 aromatic heterocycles. The van der Waals surface area contributed by atoms with Crippen molar-refractivity contribution >= 4 is 12.1 Å². The minimum Gasteiger partial charge on any atom is -0.497 e. The first-order valence-corrected chi connectivity index (χ1v) is 9.54. The quantitative estimate of drug-likeness (QED) is 0.429. The van der Waals surface area contributed by atoms with Gasteiger partial charge in [0, 0.05) is 0 Å². The molecule has 0 bridgehead atoms. The molecule has 0 saturated carbocycles. The van der Waals surface area contributed by atoms with Crippen LogP contribution in [0.15, 0.2) is 84.0 Å². The number of methoxy groups -OCH3 is 1. The summed E-state index contributed by atoms with van der Waals surface area (Å²) in [6.07, 6.45) is 0.859. The van der Waals surface area contributed by atoms with Crippen LogP contribution in [0.2, 0.25) is 0 Å². The van der Waals surface area contributed by atoms with Gasteiger partial charge < -0.3 is 14.2 Å². The van der Waals surface area contributed by atoms with Crippen molar-refractivity contribution in [3.63, 3.8) is 0 Å². The normalized spacial score (nSPS) is 11.7. The van der Waals surface area contributed by atoms with Gasteiger partial charge in [0.1, 0.15) is 23.9 Å². The number of ether oxygens (including phenoxy) is 3. The van der Waals surface area contributed by atoms with E-state index in [4.69, 9.17) is 14.2 Å². The molecule has 30 heavy (non-hydrogen) atoms. The van der Waals surface area contributed by atoms with Gasteiger partial charge in [-0.25, -0.2) is 5.43 Å². The van der Waals surface area contributed by atoms with Crippen LogP contribution in [-0.2, 0) is 11.4 Å². The summed E-state index contributed by atoms with van der Waals surface area (Å²) >= 11 is 0. The average molecular weight is 404 g/mol. The number of rotatable bonds is 9. The minimum absolute atomic E-state index is 0.343.